The minimum atomic E-state index is -4.32. The van der Waals surface area contributed by atoms with Gasteiger partial charge in [-0.05, 0) is 101 Å². The maximum absolute atomic E-state index is 11.1. The van der Waals surface area contributed by atoms with Gasteiger partial charge in [-0.25, -0.2) is 0 Å². The van der Waals surface area contributed by atoms with Crippen LogP contribution >= 0.6 is 0 Å². The first kappa shape index (κ1) is 38.2. The Kier molecular flexibility index (Phi) is 12.8. The molecule has 0 unspecified atom stereocenters. The lowest BCUT2D eigenvalue weighted by atomic mass is 10.0. The zero-order valence-corrected chi connectivity index (χ0v) is 28.1. The molecule has 50 heavy (non-hydrogen) atoms. The number of hydrogen-bond acceptors (Lipinski definition) is 10. The van der Waals surface area contributed by atoms with Crippen LogP contribution in [0.25, 0.3) is 33.4 Å². The summed E-state index contributed by atoms with van der Waals surface area (Å²) in [6.45, 7) is 0. The summed E-state index contributed by atoms with van der Waals surface area (Å²) in [6.07, 6.45) is 0. The number of nitrogens with zero attached hydrogens (tertiary/aromatic N) is 1. The number of hydrogen-bond donors (Lipinski definition) is 7. The fourth-order valence-corrected chi connectivity index (χ4v) is 5.21. The second-order valence-corrected chi connectivity index (χ2v) is 12.1. The largest absolute Gasteiger partial charge is 2.00 e. The van der Waals surface area contributed by atoms with Crippen LogP contribution in [0.4, 0.5) is 39.8 Å². The first-order valence-corrected chi connectivity index (χ1v) is 16.0. The molecule has 0 spiro atoms. The summed E-state index contributed by atoms with van der Waals surface area (Å²) in [5.41, 5.74) is 41.6. The molecule has 12 nitrogen and oxygen atoms in total. The van der Waals surface area contributed by atoms with Crippen LogP contribution in [-0.2, 0) is 23.6 Å². The van der Waals surface area contributed by atoms with Crippen molar-refractivity contribution in [3.05, 3.63) is 144 Å². The summed E-state index contributed by atoms with van der Waals surface area (Å²) < 4.78 is 31.4. The van der Waals surface area contributed by atoms with E-state index in [0.717, 1.165) is 33.6 Å². The third-order valence-electron chi connectivity index (χ3n) is 7.13. The molecule has 0 saturated carbocycles. The molecular weight excluding hydrogens is 675 g/mol. The highest BCUT2D eigenvalue weighted by Gasteiger charge is 2.16. The molecule has 0 saturated heterocycles. The Morgan fingerprint density at radius 2 is 0.820 bits per heavy atom. The molecule has 0 heterocycles. The summed E-state index contributed by atoms with van der Waals surface area (Å²) in [4.78, 5) is 10.2. The average molecular weight is 710 g/mol. The monoisotopic (exact) mass is 709 g/mol. The maximum atomic E-state index is 11.1. The summed E-state index contributed by atoms with van der Waals surface area (Å²) in [7, 11) is -4.32. The van der Waals surface area contributed by atoms with Gasteiger partial charge in [0.25, 0.3) is 15.8 Å². The van der Waals surface area contributed by atoms with E-state index in [1.807, 2.05) is 48.5 Å². The Morgan fingerprint density at radius 3 is 1.20 bits per heavy atom. The number of nitrogen functional groups attached to an aromatic ring is 6. The van der Waals surface area contributed by atoms with Gasteiger partial charge in [-0.1, -0.05) is 54.6 Å². The van der Waals surface area contributed by atoms with Crippen LogP contribution in [0.2, 0.25) is 0 Å². The van der Waals surface area contributed by atoms with Crippen LogP contribution in [0.5, 0.6) is 0 Å². The molecule has 0 radical (unpaired) electrons. The minimum Gasteiger partial charge on any atom is -2.00 e. The van der Waals surface area contributed by atoms with E-state index in [1.54, 1.807) is 66.7 Å². The van der Waals surface area contributed by atoms with E-state index < -0.39 is 15.0 Å². The maximum Gasteiger partial charge on any atom is 0.296 e. The van der Waals surface area contributed by atoms with Gasteiger partial charge in [0.15, 0.2) is 0 Å². The van der Waals surface area contributed by atoms with E-state index in [1.165, 1.54) is 18.2 Å². The Bertz CT molecular complexity index is 2120. The lowest BCUT2D eigenvalue weighted by Crippen LogP contribution is -2.03. The molecule has 0 amide bonds. The highest BCUT2D eigenvalue weighted by molar-refractivity contribution is 7.86. The third-order valence-corrected chi connectivity index (χ3v) is 8.04. The topological polar surface area (TPSA) is 254 Å². The molecule has 0 aliphatic heterocycles. The van der Waals surface area contributed by atoms with Gasteiger partial charge >= 0.3 is 0 Å². The van der Waals surface area contributed by atoms with Crippen molar-refractivity contribution >= 4 is 63.4 Å². The van der Waals surface area contributed by atoms with Gasteiger partial charge in [0.05, 0.1) is 16.2 Å². The molecule has 0 aliphatic carbocycles. The molecule has 6 aromatic rings. The van der Waals surface area contributed by atoms with E-state index in [0.29, 0.717) is 28.2 Å². The van der Waals surface area contributed by atoms with Crippen LogP contribution in [0.15, 0.2) is 138 Å². The van der Waals surface area contributed by atoms with E-state index in [2.05, 4.69) is 0 Å². The smallest absolute Gasteiger partial charge is 0.296 e. The third kappa shape index (κ3) is 10.4. The molecule has 6 rings (SSSR count). The number of nitrogens with two attached hydrogens (primary N) is 6. The fraction of sp³-hybridized carbons (Fsp3) is 0. The lowest BCUT2D eigenvalue weighted by Gasteiger charge is -2.07. The van der Waals surface area contributed by atoms with Crippen LogP contribution in [-0.4, -0.2) is 17.9 Å². The van der Waals surface area contributed by atoms with Gasteiger partial charge in [0, 0.05) is 34.5 Å². The summed E-state index contributed by atoms with van der Waals surface area (Å²) in [5.74, 6) is 0. The van der Waals surface area contributed by atoms with Gasteiger partial charge in [0.2, 0.25) is 0 Å². The Labute approximate surface area is 296 Å². The normalized spacial score (nSPS) is 10.3. The predicted molar refractivity (Wildman–Crippen MR) is 206 cm³/mol. The van der Waals surface area contributed by atoms with Crippen LogP contribution < -0.4 is 34.4 Å². The molecule has 258 valence electrons. The van der Waals surface area contributed by atoms with Crippen molar-refractivity contribution in [2.75, 3.05) is 34.4 Å². The van der Waals surface area contributed by atoms with Crippen molar-refractivity contribution in [1.82, 2.24) is 0 Å². The van der Waals surface area contributed by atoms with Gasteiger partial charge in [-0.15, -0.1) is 0 Å². The number of nitro groups is 1. The van der Waals surface area contributed by atoms with Crippen molar-refractivity contribution in [2.45, 2.75) is 4.90 Å². The summed E-state index contributed by atoms with van der Waals surface area (Å²) in [5, 5.41) is 10.9. The Hall–Kier alpha value is -6.22. The number of nitro benzene ring substituents is 1. The quantitative estimate of drug-likeness (QED) is 0.0428. The van der Waals surface area contributed by atoms with Crippen molar-refractivity contribution in [3.8, 4) is 33.4 Å². The number of benzene rings is 6. The zero-order valence-electron chi connectivity index (χ0n) is 26.5. The highest BCUT2D eigenvalue weighted by Crippen LogP contribution is 2.32. The SMILES string of the molecule is Nc1ccc(-c2ccc(N)c(S(=O)(=O)O)c2)cc1.Nc1ccc(-c2ccc(N)cc2)cc1.Nc1ccc(-c2ccc(N)cc2[N+](=O)[O-])cc1.[S-2]. The van der Waals surface area contributed by atoms with Gasteiger partial charge in [-0.3, -0.25) is 14.7 Å². The van der Waals surface area contributed by atoms with E-state index in [-0.39, 0.29) is 29.8 Å². The Balaban J connectivity index is 0.000000202. The number of rotatable bonds is 5. The van der Waals surface area contributed by atoms with Crippen LogP contribution in [0.3, 0.4) is 0 Å². The van der Waals surface area contributed by atoms with Crippen molar-refractivity contribution < 1.29 is 17.9 Å². The molecule has 0 atom stereocenters. The molecule has 6 aromatic carbocycles. The van der Waals surface area contributed by atoms with Crippen LogP contribution in [0.1, 0.15) is 0 Å². The lowest BCUT2D eigenvalue weighted by molar-refractivity contribution is -0.384. The fourth-order valence-electron chi connectivity index (χ4n) is 4.57. The van der Waals surface area contributed by atoms with Crippen molar-refractivity contribution in [2.24, 2.45) is 0 Å². The summed E-state index contributed by atoms with van der Waals surface area (Å²) >= 11 is 0. The standard InChI is InChI=1S/C12H11N3O2.C12H12N2O3S.C12H12N2.S/c13-9-3-1-8(2-4-9)11-6-5-10(14)7-12(11)15(16)17;13-10-4-1-8(2-5-10)9-3-6-11(14)12(7-9)18(15,16)17;13-11-5-1-9(2-6-11)10-3-7-12(14)8-4-10;/h1-7H,13-14H2;1-7H,13-14H2,(H,15,16,17);1-8H,13-14H2;/q;;;-2. The number of anilines is 6. The predicted octanol–water partition coefficient (Wildman–Crippen LogP) is 6.71. The first-order chi connectivity index (χ1) is 23.2. The van der Waals surface area contributed by atoms with Crippen molar-refractivity contribution in [1.29, 1.82) is 0 Å². The zero-order chi connectivity index (χ0) is 35.7. The second-order valence-electron chi connectivity index (χ2n) is 10.7. The van der Waals surface area contributed by atoms with Crippen molar-refractivity contribution in [3.63, 3.8) is 0 Å². The molecular formula is C36H35N7O5S2-2. The molecule has 0 aromatic heterocycles. The highest BCUT2D eigenvalue weighted by atomic mass is 32.2. The Morgan fingerprint density at radius 1 is 0.480 bits per heavy atom. The van der Waals surface area contributed by atoms with Gasteiger partial charge in [0.1, 0.15) is 4.90 Å². The van der Waals surface area contributed by atoms with Gasteiger partial charge < -0.3 is 47.9 Å². The molecule has 0 aliphatic rings. The molecule has 13 N–H and O–H groups in total. The van der Waals surface area contributed by atoms with Gasteiger partial charge in [-0.2, -0.15) is 8.42 Å². The summed E-state index contributed by atoms with van der Waals surface area (Å²) in [6, 6.07) is 38.5. The molecule has 0 bridgehead atoms. The first-order valence-electron chi connectivity index (χ1n) is 14.6. The van der Waals surface area contributed by atoms with E-state index in [4.69, 9.17) is 39.0 Å². The molecule has 0 fully saturated rings. The van der Waals surface area contributed by atoms with E-state index >= 15 is 0 Å². The van der Waals surface area contributed by atoms with E-state index in [9.17, 15) is 18.5 Å². The average Bonchev–Trinajstić information content (AvgIpc) is 3.07. The second kappa shape index (κ2) is 16.7. The van der Waals surface area contributed by atoms with Crippen LogP contribution in [0, 0.1) is 10.1 Å². The minimum absolute atomic E-state index is 0. The molecule has 14 heteroatoms.